The minimum absolute atomic E-state index is 0.164. The summed E-state index contributed by atoms with van der Waals surface area (Å²) in [6.45, 7) is 5.05. The normalized spacial score (nSPS) is 17.0. The molecule has 23 heavy (non-hydrogen) atoms. The molecule has 0 aromatic heterocycles. The standard InChI is InChI=1S/C19H21FN2O/c1-15(16-7-3-2-4-8-16)21-11-13-22(14-12-21)19(23)17-9-5-6-10-18(17)20/h2-10,15H,11-14H2,1H3/t15-/m0/s1. The van der Waals surface area contributed by atoms with Crippen LogP contribution in [0.4, 0.5) is 4.39 Å². The largest absolute Gasteiger partial charge is 0.336 e. The fourth-order valence-electron chi connectivity index (χ4n) is 3.06. The van der Waals surface area contributed by atoms with Gasteiger partial charge < -0.3 is 4.90 Å². The summed E-state index contributed by atoms with van der Waals surface area (Å²) in [5.41, 5.74) is 1.44. The van der Waals surface area contributed by atoms with E-state index in [9.17, 15) is 9.18 Å². The van der Waals surface area contributed by atoms with Crippen LogP contribution in [0.1, 0.15) is 28.9 Å². The van der Waals surface area contributed by atoms with E-state index in [0.717, 1.165) is 13.1 Å². The summed E-state index contributed by atoms with van der Waals surface area (Å²) in [5, 5.41) is 0. The summed E-state index contributed by atoms with van der Waals surface area (Å²) >= 11 is 0. The van der Waals surface area contributed by atoms with Crippen LogP contribution in [0.15, 0.2) is 54.6 Å². The third-order valence-corrected chi connectivity index (χ3v) is 4.54. The average Bonchev–Trinajstić information content (AvgIpc) is 2.62. The molecular formula is C19H21FN2O. The Kier molecular flexibility index (Phi) is 4.72. The number of hydrogen-bond donors (Lipinski definition) is 0. The summed E-state index contributed by atoms with van der Waals surface area (Å²) < 4.78 is 13.8. The van der Waals surface area contributed by atoms with E-state index in [0.29, 0.717) is 19.1 Å². The van der Waals surface area contributed by atoms with E-state index in [4.69, 9.17) is 0 Å². The number of piperazine rings is 1. The number of halogens is 1. The van der Waals surface area contributed by atoms with Gasteiger partial charge >= 0.3 is 0 Å². The SMILES string of the molecule is C[C@@H](c1ccccc1)N1CCN(C(=O)c2ccccc2F)CC1. The molecule has 0 saturated carbocycles. The number of carbonyl (C=O) groups is 1. The zero-order chi connectivity index (χ0) is 16.2. The molecule has 0 aliphatic carbocycles. The fourth-order valence-corrected chi connectivity index (χ4v) is 3.06. The molecule has 1 saturated heterocycles. The molecule has 0 bridgehead atoms. The van der Waals surface area contributed by atoms with Gasteiger partial charge in [0.25, 0.3) is 5.91 Å². The highest BCUT2D eigenvalue weighted by atomic mass is 19.1. The van der Waals surface area contributed by atoms with E-state index in [-0.39, 0.29) is 11.5 Å². The van der Waals surface area contributed by atoms with Gasteiger partial charge in [-0.3, -0.25) is 9.69 Å². The van der Waals surface area contributed by atoms with Gasteiger partial charge in [-0.2, -0.15) is 0 Å². The molecule has 120 valence electrons. The van der Waals surface area contributed by atoms with E-state index in [1.807, 2.05) is 18.2 Å². The van der Waals surface area contributed by atoms with Gasteiger partial charge in [0.15, 0.2) is 0 Å². The molecule has 1 aliphatic heterocycles. The van der Waals surface area contributed by atoms with Crippen LogP contribution in [0.5, 0.6) is 0 Å². The van der Waals surface area contributed by atoms with Crippen molar-refractivity contribution in [2.45, 2.75) is 13.0 Å². The molecule has 3 rings (SSSR count). The van der Waals surface area contributed by atoms with Crippen molar-refractivity contribution >= 4 is 5.91 Å². The zero-order valence-corrected chi connectivity index (χ0v) is 13.3. The van der Waals surface area contributed by atoms with Crippen molar-refractivity contribution in [3.8, 4) is 0 Å². The topological polar surface area (TPSA) is 23.6 Å². The number of hydrogen-bond acceptors (Lipinski definition) is 2. The summed E-state index contributed by atoms with van der Waals surface area (Å²) in [6.07, 6.45) is 0. The van der Waals surface area contributed by atoms with Crippen molar-refractivity contribution in [1.29, 1.82) is 0 Å². The molecule has 0 N–H and O–H groups in total. The minimum atomic E-state index is -0.447. The quantitative estimate of drug-likeness (QED) is 0.868. The van der Waals surface area contributed by atoms with Gasteiger partial charge in [-0.1, -0.05) is 42.5 Å². The van der Waals surface area contributed by atoms with Crippen LogP contribution in [-0.2, 0) is 0 Å². The van der Waals surface area contributed by atoms with E-state index in [1.165, 1.54) is 11.6 Å². The molecule has 1 amide bonds. The Morgan fingerprint density at radius 3 is 2.22 bits per heavy atom. The molecule has 0 radical (unpaired) electrons. The second-order valence-electron chi connectivity index (χ2n) is 5.89. The number of nitrogens with zero attached hydrogens (tertiary/aromatic N) is 2. The molecule has 4 heteroatoms. The Labute approximate surface area is 136 Å². The van der Waals surface area contributed by atoms with Crippen LogP contribution in [0.2, 0.25) is 0 Å². The second kappa shape index (κ2) is 6.92. The minimum Gasteiger partial charge on any atom is -0.336 e. The first-order valence-corrected chi connectivity index (χ1v) is 7.99. The van der Waals surface area contributed by atoms with Crippen molar-refractivity contribution in [3.63, 3.8) is 0 Å². The van der Waals surface area contributed by atoms with Gasteiger partial charge in [-0.25, -0.2) is 4.39 Å². The van der Waals surface area contributed by atoms with E-state index < -0.39 is 5.82 Å². The molecule has 0 unspecified atom stereocenters. The van der Waals surface area contributed by atoms with Gasteiger partial charge in [0.05, 0.1) is 5.56 Å². The lowest BCUT2D eigenvalue weighted by Gasteiger charge is -2.38. The van der Waals surface area contributed by atoms with Crippen molar-refractivity contribution < 1.29 is 9.18 Å². The Bertz CT molecular complexity index is 666. The highest BCUT2D eigenvalue weighted by Crippen LogP contribution is 2.22. The second-order valence-corrected chi connectivity index (χ2v) is 5.89. The number of amides is 1. The van der Waals surface area contributed by atoms with Crippen LogP contribution >= 0.6 is 0 Å². The maximum atomic E-state index is 13.8. The fraction of sp³-hybridized carbons (Fsp3) is 0.316. The smallest absolute Gasteiger partial charge is 0.256 e. The highest BCUT2D eigenvalue weighted by Gasteiger charge is 2.26. The van der Waals surface area contributed by atoms with E-state index >= 15 is 0 Å². The maximum absolute atomic E-state index is 13.8. The molecule has 1 aliphatic rings. The van der Waals surface area contributed by atoms with Crippen LogP contribution in [0.3, 0.4) is 0 Å². The third-order valence-electron chi connectivity index (χ3n) is 4.54. The van der Waals surface area contributed by atoms with Crippen LogP contribution in [0, 0.1) is 5.82 Å². The lowest BCUT2D eigenvalue weighted by atomic mass is 10.1. The Morgan fingerprint density at radius 2 is 1.57 bits per heavy atom. The van der Waals surface area contributed by atoms with Crippen molar-refractivity contribution in [2.24, 2.45) is 0 Å². The molecule has 2 aromatic carbocycles. The van der Waals surface area contributed by atoms with E-state index in [1.54, 1.807) is 23.1 Å². The predicted octanol–water partition coefficient (Wildman–Crippen LogP) is 3.34. The number of rotatable bonds is 3. The van der Waals surface area contributed by atoms with Gasteiger partial charge in [-0.05, 0) is 24.6 Å². The monoisotopic (exact) mass is 312 g/mol. The average molecular weight is 312 g/mol. The number of carbonyl (C=O) groups excluding carboxylic acids is 1. The summed E-state index contributed by atoms with van der Waals surface area (Å²) in [6, 6.07) is 16.9. The third kappa shape index (κ3) is 3.42. The maximum Gasteiger partial charge on any atom is 0.256 e. The van der Waals surface area contributed by atoms with Crippen LogP contribution < -0.4 is 0 Å². The molecule has 1 fully saturated rings. The first-order chi connectivity index (χ1) is 11.2. The molecule has 1 atom stereocenters. The Hall–Kier alpha value is -2.20. The first-order valence-electron chi connectivity index (χ1n) is 7.99. The first kappa shape index (κ1) is 15.7. The number of benzene rings is 2. The van der Waals surface area contributed by atoms with Crippen molar-refractivity contribution in [2.75, 3.05) is 26.2 Å². The predicted molar refractivity (Wildman–Crippen MR) is 88.7 cm³/mol. The Morgan fingerprint density at radius 1 is 0.957 bits per heavy atom. The lowest BCUT2D eigenvalue weighted by Crippen LogP contribution is -2.49. The molecular weight excluding hydrogens is 291 g/mol. The Balaban J connectivity index is 1.62. The summed E-state index contributed by atoms with van der Waals surface area (Å²) in [7, 11) is 0. The van der Waals surface area contributed by atoms with Crippen LogP contribution in [-0.4, -0.2) is 41.9 Å². The summed E-state index contributed by atoms with van der Waals surface area (Å²) in [4.78, 5) is 16.5. The molecule has 1 heterocycles. The lowest BCUT2D eigenvalue weighted by molar-refractivity contribution is 0.0578. The summed E-state index contributed by atoms with van der Waals surface area (Å²) in [5.74, 6) is -0.660. The van der Waals surface area contributed by atoms with Gasteiger partial charge in [0.1, 0.15) is 5.82 Å². The van der Waals surface area contributed by atoms with Crippen molar-refractivity contribution in [3.05, 3.63) is 71.5 Å². The van der Waals surface area contributed by atoms with Gasteiger partial charge in [0, 0.05) is 32.2 Å². The van der Waals surface area contributed by atoms with Gasteiger partial charge in [0.2, 0.25) is 0 Å². The zero-order valence-electron chi connectivity index (χ0n) is 13.3. The molecule has 0 spiro atoms. The van der Waals surface area contributed by atoms with Crippen molar-refractivity contribution in [1.82, 2.24) is 9.80 Å². The van der Waals surface area contributed by atoms with Crippen LogP contribution in [0.25, 0.3) is 0 Å². The molecule has 3 nitrogen and oxygen atoms in total. The highest BCUT2D eigenvalue weighted by molar-refractivity contribution is 5.94. The molecule has 2 aromatic rings. The van der Waals surface area contributed by atoms with Gasteiger partial charge in [-0.15, -0.1) is 0 Å². The van der Waals surface area contributed by atoms with E-state index in [2.05, 4.69) is 24.0 Å².